The van der Waals surface area contributed by atoms with Crippen LogP contribution in [0.15, 0.2) is 0 Å². The molecular formula is C5H11NO2. The highest BCUT2D eigenvalue weighted by atomic mass is 16.8. The number of hydroxylamine groups is 1. The van der Waals surface area contributed by atoms with E-state index in [1.54, 1.807) is 7.05 Å². The molecule has 0 aliphatic carbocycles. The van der Waals surface area contributed by atoms with Gasteiger partial charge in [-0.3, -0.25) is 4.84 Å². The normalized spacial score (nSPS) is 35.2. The SMILES string of the molecule is CCC1OC1ONC. The highest BCUT2D eigenvalue weighted by Crippen LogP contribution is 2.24. The van der Waals surface area contributed by atoms with Crippen LogP contribution < -0.4 is 5.48 Å². The third-order valence-electron chi connectivity index (χ3n) is 1.17. The molecule has 0 aromatic heterocycles. The van der Waals surface area contributed by atoms with Crippen LogP contribution in [0, 0.1) is 0 Å². The number of hydrogen-bond acceptors (Lipinski definition) is 3. The zero-order chi connectivity index (χ0) is 5.98. The maximum atomic E-state index is 5.02. The Kier molecular flexibility index (Phi) is 1.83. The summed E-state index contributed by atoms with van der Waals surface area (Å²) in [6, 6.07) is 0. The van der Waals surface area contributed by atoms with Crippen molar-refractivity contribution >= 4 is 0 Å². The van der Waals surface area contributed by atoms with Crippen LogP contribution in [-0.2, 0) is 9.57 Å². The molecule has 8 heavy (non-hydrogen) atoms. The lowest BCUT2D eigenvalue weighted by Gasteiger charge is -1.90. The average molecular weight is 117 g/mol. The molecule has 3 nitrogen and oxygen atoms in total. The zero-order valence-electron chi connectivity index (χ0n) is 5.18. The fourth-order valence-electron chi connectivity index (χ4n) is 0.635. The van der Waals surface area contributed by atoms with E-state index < -0.39 is 0 Å². The van der Waals surface area contributed by atoms with Gasteiger partial charge in [0.2, 0.25) is 6.29 Å². The van der Waals surface area contributed by atoms with Crippen molar-refractivity contribution in [3.8, 4) is 0 Å². The number of hydrogen-bond donors (Lipinski definition) is 1. The van der Waals surface area contributed by atoms with Gasteiger partial charge < -0.3 is 4.74 Å². The summed E-state index contributed by atoms with van der Waals surface area (Å²) in [5, 5.41) is 0. The summed E-state index contributed by atoms with van der Waals surface area (Å²) in [6.45, 7) is 2.07. The molecule has 1 rings (SSSR count). The van der Waals surface area contributed by atoms with E-state index in [-0.39, 0.29) is 6.29 Å². The maximum Gasteiger partial charge on any atom is 0.204 e. The highest BCUT2D eigenvalue weighted by molar-refractivity contribution is 4.73. The first-order valence-corrected chi connectivity index (χ1v) is 2.86. The molecule has 1 saturated heterocycles. The Labute approximate surface area is 48.9 Å². The van der Waals surface area contributed by atoms with Gasteiger partial charge in [0.15, 0.2) is 0 Å². The third-order valence-corrected chi connectivity index (χ3v) is 1.17. The van der Waals surface area contributed by atoms with Crippen molar-refractivity contribution in [1.82, 2.24) is 5.48 Å². The van der Waals surface area contributed by atoms with Crippen molar-refractivity contribution in [2.45, 2.75) is 25.7 Å². The monoisotopic (exact) mass is 117 g/mol. The Morgan fingerprint density at radius 2 is 2.50 bits per heavy atom. The molecule has 48 valence electrons. The van der Waals surface area contributed by atoms with Gasteiger partial charge in [-0.25, -0.2) is 5.48 Å². The summed E-state index contributed by atoms with van der Waals surface area (Å²) in [4.78, 5) is 4.88. The van der Waals surface area contributed by atoms with Crippen LogP contribution in [-0.4, -0.2) is 19.4 Å². The second-order valence-electron chi connectivity index (χ2n) is 1.77. The average Bonchev–Trinajstić information content (AvgIpc) is 2.48. The molecule has 3 heteroatoms. The molecule has 2 atom stereocenters. The standard InChI is InChI=1S/C5H11NO2/c1-3-4-5(7-4)8-6-2/h4-6H,3H2,1-2H3. The zero-order valence-corrected chi connectivity index (χ0v) is 5.18. The molecule has 0 bridgehead atoms. The number of epoxide rings is 1. The van der Waals surface area contributed by atoms with E-state index in [1.807, 2.05) is 0 Å². The van der Waals surface area contributed by atoms with E-state index in [0.717, 1.165) is 6.42 Å². The smallest absolute Gasteiger partial charge is 0.204 e. The molecule has 0 radical (unpaired) electrons. The molecule has 0 aromatic carbocycles. The van der Waals surface area contributed by atoms with Crippen LogP contribution in [0.2, 0.25) is 0 Å². The second-order valence-corrected chi connectivity index (χ2v) is 1.77. The highest BCUT2D eigenvalue weighted by Gasteiger charge is 2.38. The lowest BCUT2D eigenvalue weighted by molar-refractivity contribution is -0.0108. The summed E-state index contributed by atoms with van der Waals surface area (Å²) >= 11 is 0. The van der Waals surface area contributed by atoms with E-state index in [1.165, 1.54) is 0 Å². The minimum atomic E-state index is 0.0185. The van der Waals surface area contributed by atoms with Crippen LogP contribution in [0.4, 0.5) is 0 Å². The van der Waals surface area contributed by atoms with Gasteiger partial charge >= 0.3 is 0 Å². The molecular weight excluding hydrogens is 106 g/mol. The summed E-state index contributed by atoms with van der Waals surface area (Å²) in [5.41, 5.74) is 2.57. The van der Waals surface area contributed by atoms with E-state index in [0.29, 0.717) is 6.10 Å². The summed E-state index contributed by atoms with van der Waals surface area (Å²) in [6.07, 6.45) is 1.39. The van der Waals surface area contributed by atoms with Gasteiger partial charge in [0.05, 0.1) is 0 Å². The maximum absolute atomic E-state index is 5.02. The fraction of sp³-hybridized carbons (Fsp3) is 1.00. The molecule has 0 spiro atoms. The van der Waals surface area contributed by atoms with Gasteiger partial charge in [0.1, 0.15) is 6.10 Å². The second kappa shape index (κ2) is 2.44. The van der Waals surface area contributed by atoms with E-state index in [4.69, 9.17) is 9.57 Å². The summed E-state index contributed by atoms with van der Waals surface area (Å²) in [7, 11) is 1.73. The number of nitrogens with one attached hydrogen (secondary N) is 1. The topological polar surface area (TPSA) is 33.8 Å². The molecule has 1 aliphatic heterocycles. The third kappa shape index (κ3) is 1.18. The van der Waals surface area contributed by atoms with Crippen LogP contribution in [0.3, 0.4) is 0 Å². The van der Waals surface area contributed by atoms with E-state index in [2.05, 4.69) is 12.4 Å². The first-order chi connectivity index (χ1) is 3.88. The Bertz CT molecular complexity index is 76.8. The van der Waals surface area contributed by atoms with E-state index in [9.17, 15) is 0 Å². The molecule has 0 saturated carbocycles. The lowest BCUT2D eigenvalue weighted by atomic mass is 10.4. The number of ether oxygens (including phenoxy) is 1. The van der Waals surface area contributed by atoms with Crippen LogP contribution in [0.25, 0.3) is 0 Å². The quantitative estimate of drug-likeness (QED) is 0.425. The largest absolute Gasteiger partial charge is 0.340 e. The molecule has 0 amide bonds. The number of rotatable bonds is 3. The Morgan fingerprint density at radius 1 is 1.75 bits per heavy atom. The molecule has 1 N–H and O–H groups in total. The minimum absolute atomic E-state index is 0.0185. The van der Waals surface area contributed by atoms with Gasteiger partial charge in [-0.15, -0.1) is 0 Å². The van der Waals surface area contributed by atoms with Crippen molar-refractivity contribution in [1.29, 1.82) is 0 Å². The van der Waals surface area contributed by atoms with Gasteiger partial charge in [0, 0.05) is 7.05 Å². The first kappa shape index (κ1) is 6.01. The molecule has 1 heterocycles. The van der Waals surface area contributed by atoms with Crippen molar-refractivity contribution in [2.24, 2.45) is 0 Å². The lowest BCUT2D eigenvalue weighted by Crippen LogP contribution is -2.11. The van der Waals surface area contributed by atoms with E-state index >= 15 is 0 Å². The Balaban J connectivity index is 1.99. The van der Waals surface area contributed by atoms with Crippen molar-refractivity contribution < 1.29 is 9.57 Å². The van der Waals surface area contributed by atoms with Crippen LogP contribution in [0.5, 0.6) is 0 Å². The Morgan fingerprint density at radius 3 is 2.88 bits per heavy atom. The fourth-order valence-corrected chi connectivity index (χ4v) is 0.635. The molecule has 2 unspecified atom stereocenters. The molecule has 1 fully saturated rings. The summed E-state index contributed by atoms with van der Waals surface area (Å²) in [5.74, 6) is 0. The van der Waals surface area contributed by atoms with Crippen molar-refractivity contribution in [3.63, 3.8) is 0 Å². The summed E-state index contributed by atoms with van der Waals surface area (Å²) < 4.78 is 5.02. The molecule has 1 aliphatic rings. The van der Waals surface area contributed by atoms with Gasteiger partial charge in [-0.1, -0.05) is 6.92 Å². The predicted molar refractivity (Wildman–Crippen MR) is 29.1 cm³/mol. The van der Waals surface area contributed by atoms with Crippen molar-refractivity contribution in [3.05, 3.63) is 0 Å². The minimum Gasteiger partial charge on any atom is -0.340 e. The van der Waals surface area contributed by atoms with Crippen molar-refractivity contribution in [2.75, 3.05) is 7.05 Å². The van der Waals surface area contributed by atoms with Gasteiger partial charge in [0.25, 0.3) is 0 Å². The van der Waals surface area contributed by atoms with Crippen LogP contribution in [0.1, 0.15) is 13.3 Å². The molecule has 0 aromatic rings. The predicted octanol–water partition coefficient (Wildman–Crippen LogP) is 0.272. The van der Waals surface area contributed by atoms with Gasteiger partial charge in [-0.05, 0) is 6.42 Å². The first-order valence-electron chi connectivity index (χ1n) is 2.86. The van der Waals surface area contributed by atoms with Gasteiger partial charge in [-0.2, -0.15) is 0 Å². The van der Waals surface area contributed by atoms with Crippen LogP contribution >= 0.6 is 0 Å². The Hall–Kier alpha value is -0.120.